The van der Waals surface area contributed by atoms with Crippen LogP contribution in [-0.2, 0) is 13.7 Å². The second-order valence-corrected chi connectivity index (χ2v) is 4.07. The number of hydrogen-bond donors (Lipinski definition) is 0. The van der Waals surface area contributed by atoms with Crippen molar-refractivity contribution in [3.8, 4) is 5.75 Å². The maximum absolute atomic E-state index is 5.86. The van der Waals surface area contributed by atoms with E-state index in [4.69, 9.17) is 16.3 Å². The van der Waals surface area contributed by atoms with Crippen LogP contribution in [0.15, 0.2) is 30.5 Å². The lowest BCUT2D eigenvalue weighted by atomic mass is 10.3. The Morgan fingerprint density at radius 3 is 2.88 bits per heavy atom. The predicted octanol–water partition coefficient (Wildman–Crippen LogP) is 2.96. The van der Waals surface area contributed by atoms with Gasteiger partial charge in [0.25, 0.3) is 0 Å². The molecule has 0 N–H and O–H groups in total. The van der Waals surface area contributed by atoms with Gasteiger partial charge in [-0.05, 0) is 25.1 Å². The lowest BCUT2D eigenvalue weighted by Gasteiger charge is -2.03. The second kappa shape index (κ2) is 4.58. The van der Waals surface area contributed by atoms with Crippen molar-refractivity contribution in [1.82, 2.24) is 9.55 Å². The molecule has 0 radical (unpaired) electrons. The van der Waals surface area contributed by atoms with Crippen LogP contribution in [-0.4, -0.2) is 9.55 Å². The van der Waals surface area contributed by atoms with E-state index in [1.54, 1.807) is 6.07 Å². The highest BCUT2D eigenvalue weighted by atomic mass is 35.5. The third kappa shape index (κ3) is 2.55. The fourth-order valence-corrected chi connectivity index (χ4v) is 1.60. The predicted molar refractivity (Wildman–Crippen MR) is 63.7 cm³/mol. The lowest BCUT2D eigenvalue weighted by Crippen LogP contribution is -1.95. The van der Waals surface area contributed by atoms with Gasteiger partial charge < -0.3 is 9.30 Å². The summed E-state index contributed by atoms with van der Waals surface area (Å²) < 4.78 is 7.55. The zero-order valence-corrected chi connectivity index (χ0v) is 10.0. The van der Waals surface area contributed by atoms with E-state index in [1.165, 1.54) is 0 Å². The molecular formula is C12H13ClN2O. The van der Waals surface area contributed by atoms with Gasteiger partial charge in [-0.2, -0.15) is 0 Å². The summed E-state index contributed by atoms with van der Waals surface area (Å²) in [6.45, 7) is 2.42. The highest BCUT2D eigenvalue weighted by molar-refractivity contribution is 6.30. The fraction of sp³-hybridized carbons (Fsp3) is 0.250. The quantitative estimate of drug-likeness (QED) is 0.819. The van der Waals surface area contributed by atoms with Gasteiger partial charge in [0.15, 0.2) is 0 Å². The van der Waals surface area contributed by atoms with Gasteiger partial charge in [-0.15, -0.1) is 0 Å². The molecule has 2 aromatic rings. The lowest BCUT2D eigenvalue weighted by molar-refractivity contribution is 0.301. The summed E-state index contributed by atoms with van der Waals surface area (Å²) in [6.07, 6.45) is 1.96. The smallest absolute Gasteiger partial charge is 0.132 e. The molecule has 16 heavy (non-hydrogen) atoms. The van der Waals surface area contributed by atoms with E-state index >= 15 is 0 Å². The molecule has 0 atom stereocenters. The summed E-state index contributed by atoms with van der Waals surface area (Å²) in [4.78, 5) is 4.35. The standard InChI is InChI=1S/C12H13ClN2O/c1-9-14-11(7-15(9)2)8-16-12-5-3-4-10(13)6-12/h3-7H,8H2,1-2H3. The van der Waals surface area contributed by atoms with E-state index in [-0.39, 0.29) is 0 Å². The Labute approximate surface area is 99.6 Å². The van der Waals surface area contributed by atoms with Gasteiger partial charge in [0.1, 0.15) is 18.2 Å². The Hall–Kier alpha value is -1.48. The molecule has 1 aromatic carbocycles. The van der Waals surface area contributed by atoms with E-state index < -0.39 is 0 Å². The fourth-order valence-electron chi connectivity index (χ4n) is 1.42. The average Bonchev–Trinajstić information content (AvgIpc) is 2.56. The molecule has 0 fully saturated rings. The third-order valence-electron chi connectivity index (χ3n) is 2.34. The number of imidazole rings is 1. The largest absolute Gasteiger partial charge is 0.487 e. The maximum Gasteiger partial charge on any atom is 0.132 e. The van der Waals surface area contributed by atoms with E-state index in [9.17, 15) is 0 Å². The van der Waals surface area contributed by atoms with Gasteiger partial charge in [0.2, 0.25) is 0 Å². The minimum Gasteiger partial charge on any atom is -0.487 e. The van der Waals surface area contributed by atoms with Crippen molar-refractivity contribution in [2.24, 2.45) is 7.05 Å². The SMILES string of the molecule is Cc1nc(COc2cccc(Cl)c2)cn1C. The van der Waals surface area contributed by atoms with Gasteiger partial charge in [-0.25, -0.2) is 4.98 Å². The average molecular weight is 237 g/mol. The van der Waals surface area contributed by atoms with E-state index in [1.807, 2.05) is 42.9 Å². The highest BCUT2D eigenvalue weighted by Gasteiger charge is 2.02. The Bertz CT molecular complexity index is 474. The third-order valence-corrected chi connectivity index (χ3v) is 2.58. The number of benzene rings is 1. The number of rotatable bonds is 3. The molecule has 4 heteroatoms. The topological polar surface area (TPSA) is 27.1 Å². The maximum atomic E-state index is 5.86. The first-order chi connectivity index (χ1) is 7.65. The summed E-state index contributed by atoms with van der Waals surface area (Å²) in [5.41, 5.74) is 0.917. The van der Waals surface area contributed by atoms with Crippen LogP contribution >= 0.6 is 11.6 Å². The molecule has 3 nitrogen and oxygen atoms in total. The number of aromatic nitrogens is 2. The molecule has 0 unspecified atom stereocenters. The minimum absolute atomic E-state index is 0.460. The van der Waals surface area contributed by atoms with Gasteiger partial charge in [0.05, 0.1) is 5.69 Å². The molecule has 0 saturated heterocycles. The molecule has 1 aromatic heterocycles. The van der Waals surface area contributed by atoms with Crippen LogP contribution in [0.4, 0.5) is 0 Å². The number of halogens is 1. The molecule has 84 valence electrons. The van der Waals surface area contributed by atoms with Crippen molar-refractivity contribution in [1.29, 1.82) is 0 Å². The molecule has 0 aliphatic heterocycles. The van der Waals surface area contributed by atoms with E-state index in [0.29, 0.717) is 11.6 Å². The Morgan fingerprint density at radius 1 is 1.44 bits per heavy atom. The van der Waals surface area contributed by atoms with Crippen molar-refractivity contribution in [2.75, 3.05) is 0 Å². The van der Waals surface area contributed by atoms with Crippen molar-refractivity contribution in [3.05, 3.63) is 47.0 Å². The summed E-state index contributed by atoms with van der Waals surface area (Å²) in [6, 6.07) is 7.35. The molecule has 0 amide bonds. The first-order valence-corrected chi connectivity index (χ1v) is 5.40. The van der Waals surface area contributed by atoms with Crippen molar-refractivity contribution in [2.45, 2.75) is 13.5 Å². The highest BCUT2D eigenvalue weighted by Crippen LogP contribution is 2.18. The summed E-state index contributed by atoms with van der Waals surface area (Å²) in [5.74, 6) is 1.74. The number of hydrogen-bond acceptors (Lipinski definition) is 2. The van der Waals surface area contributed by atoms with Gasteiger partial charge >= 0.3 is 0 Å². The normalized spacial score (nSPS) is 10.4. The number of ether oxygens (including phenoxy) is 1. The molecule has 0 aliphatic carbocycles. The monoisotopic (exact) mass is 236 g/mol. The summed E-state index contributed by atoms with van der Waals surface area (Å²) >= 11 is 5.86. The van der Waals surface area contributed by atoms with Crippen LogP contribution in [0.3, 0.4) is 0 Å². The Morgan fingerprint density at radius 2 is 2.25 bits per heavy atom. The Balaban J connectivity index is 2.02. The molecule has 0 spiro atoms. The first-order valence-electron chi connectivity index (χ1n) is 5.02. The van der Waals surface area contributed by atoms with Crippen molar-refractivity contribution >= 4 is 11.6 Å². The molecule has 0 aliphatic rings. The van der Waals surface area contributed by atoms with Gasteiger partial charge in [-0.1, -0.05) is 17.7 Å². The van der Waals surface area contributed by atoms with Crippen molar-refractivity contribution in [3.63, 3.8) is 0 Å². The summed E-state index contributed by atoms with van der Waals surface area (Å²) in [7, 11) is 1.96. The molecule has 2 rings (SSSR count). The van der Waals surface area contributed by atoms with Gasteiger partial charge in [-0.3, -0.25) is 0 Å². The van der Waals surface area contributed by atoms with E-state index in [0.717, 1.165) is 17.3 Å². The van der Waals surface area contributed by atoms with Crippen LogP contribution in [0.2, 0.25) is 5.02 Å². The summed E-state index contributed by atoms with van der Waals surface area (Å²) in [5, 5.41) is 0.676. The van der Waals surface area contributed by atoms with Gasteiger partial charge in [0, 0.05) is 18.3 Å². The van der Waals surface area contributed by atoms with Crippen LogP contribution < -0.4 is 4.74 Å². The Kier molecular flexibility index (Phi) is 3.15. The van der Waals surface area contributed by atoms with Crippen LogP contribution in [0.1, 0.15) is 11.5 Å². The second-order valence-electron chi connectivity index (χ2n) is 3.64. The zero-order valence-electron chi connectivity index (χ0n) is 9.27. The first kappa shape index (κ1) is 11.0. The van der Waals surface area contributed by atoms with Crippen LogP contribution in [0.5, 0.6) is 5.75 Å². The minimum atomic E-state index is 0.460. The number of aryl methyl sites for hydroxylation is 2. The molecule has 0 saturated carbocycles. The van der Waals surface area contributed by atoms with Crippen LogP contribution in [0.25, 0.3) is 0 Å². The molecular weight excluding hydrogens is 224 g/mol. The van der Waals surface area contributed by atoms with Crippen molar-refractivity contribution < 1.29 is 4.74 Å². The molecule has 0 bridgehead atoms. The number of nitrogens with zero attached hydrogens (tertiary/aromatic N) is 2. The molecule has 1 heterocycles. The van der Waals surface area contributed by atoms with Crippen LogP contribution in [0, 0.1) is 6.92 Å². The van der Waals surface area contributed by atoms with E-state index in [2.05, 4.69) is 4.98 Å². The zero-order chi connectivity index (χ0) is 11.5.